The van der Waals surface area contributed by atoms with Gasteiger partial charge in [0.05, 0.1) is 12.7 Å². The summed E-state index contributed by atoms with van der Waals surface area (Å²) in [7, 11) is 1.65. The van der Waals surface area contributed by atoms with Gasteiger partial charge in [0.2, 0.25) is 0 Å². The van der Waals surface area contributed by atoms with E-state index < -0.39 is 0 Å². The van der Waals surface area contributed by atoms with Gasteiger partial charge < -0.3 is 14.8 Å². The number of hydrogen-bond acceptors (Lipinski definition) is 3. The largest absolute Gasteiger partial charge is 0.494 e. The maximum Gasteiger partial charge on any atom is 0.251 e. The van der Waals surface area contributed by atoms with Crippen LogP contribution in [0.15, 0.2) is 48.5 Å². The lowest BCUT2D eigenvalue weighted by Crippen LogP contribution is -2.29. The van der Waals surface area contributed by atoms with Crippen LogP contribution in [0, 0.1) is 6.92 Å². The van der Waals surface area contributed by atoms with Crippen molar-refractivity contribution < 1.29 is 14.3 Å². The molecule has 0 radical (unpaired) electrons. The van der Waals surface area contributed by atoms with Crippen LogP contribution in [0.25, 0.3) is 0 Å². The summed E-state index contributed by atoms with van der Waals surface area (Å²) in [6.07, 6.45) is -0.164. The molecule has 2 aromatic carbocycles. The van der Waals surface area contributed by atoms with Crippen molar-refractivity contribution in [2.75, 3.05) is 20.3 Å². The Labute approximate surface area is 137 Å². The Morgan fingerprint density at radius 3 is 2.43 bits per heavy atom. The molecule has 0 fully saturated rings. The molecule has 2 rings (SSSR count). The molecule has 1 N–H and O–H groups in total. The van der Waals surface area contributed by atoms with Gasteiger partial charge in [-0.2, -0.15) is 0 Å². The fourth-order valence-electron chi connectivity index (χ4n) is 2.42. The molecule has 0 aliphatic rings. The highest BCUT2D eigenvalue weighted by Gasteiger charge is 2.14. The molecule has 0 aliphatic carbocycles. The molecule has 1 atom stereocenters. The predicted octanol–water partition coefficient (Wildman–Crippen LogP) is 3.51. The van der Waals surface area contributed by atoms with Gasteiger partial charge in [0.15, 0.2) is 0 Å². The first-order chi connectivity index (χ1) is 11.2. The Hall–Kier alpha value is -2.33. The van der Waals surface area contributed by atoms with Crippen LogP contribution in [0.2, 0.25) is 0 Å². The van der Waals surface area contributed by atoms with Gasteiger partial charge in [-0.1, -0.05) is 24.3 Å². The molecule has 0 heterocycles. The predicted molar refractivity (Wildman–Crippen MR) is 90.9 cm³/mol. The van der Waals surface area contributed by atoms with E-state index in [1.54, 1.807) is 31.4 Å². The summed E-state index contributed by atoms with van der Waals surface area (Å²) in [6.45, 7) is 5.00. The zero-order valence-electron chi connectivity index (χ0n) is 13.8. The fraction of sp³-hybridized carbons (Fsp3) is 0.316. The summed E-state index contributed by atoms with van der Waals surface area (Å²) >= 11 is 0. The third-order valence-corrected chi connectivity index (χ3v) is 3.70. The van der Waals surface area contributed by atoms with Gasteiger partial charge in [-0.25, -0.2) is 0 Å². The number of carbonyl (C=O) groups is 1. The Morgan fingerprint density at radius 1 is 1.13 bits per heavy atom. The Morgan fingerprint density at radius 2 is 1.83 bits per heavy atom. The number of methoxy groups -OCH3 is 1. The first-order valence-corrected chi connectivity index (χ1v) is 7.75. The summed E-state index contributed by atoms with van der Waals surface area (Å²) in [5, 5.41) is 2.92. The van der Waals surface area contributed by atoms with Crippen molar-refractivity contribution in [1.29, 1.82) is 0 Å². The highest BCUT2D eigenvalue weighted by Crippen LogP contribution is 2.20. The zero-order valence-corrected chi connectivity index (χ0v) is 13.8. The van der Waals surface area contributed by atoms with E-state index in [4.69, 9.17) is 9.47 Å². The van der Waals surface area contributed by atoms with Crippen LogP contribution < -0.4 is 10.1 Å². The average Bonchev–Trinajstić information content (AvgIpc) is 2.57. The monoisotopic (exact) mass is 313 g/mol. The van der Waals surface area contributed by atoms with E-state index in [-0.39, 0.29) is 12.0 Å². The molecule has 2 aromatic rings. The topological polar surface area (TPSA) is 47.6 Å². The Kier molecular flexibility index (Phi) is 6.18. The minimum absolute atomic E-state index is 0.122. The SMILES string of the molecule is CCOc1ccc(C(=O)NCC(OC)c2ccccc2C)cc1. The number of nitrogens with one attached hydrogen (secondary N) is 1. The molecular formula is C19H23NO3. The van der Waals surface area contributed by atoms with E-state index in [1.165, 1.54) is 0 Å². The van der Waals surface area contributed by atoms with Gasteiger partial charge in [0.1, 0.15) is 5.75 Å². The summed E-state index contributed by atoms with van der Waals surface area (Å²) in [5.74, 6) is 0.641. The number of aryl methyl sites for hydroxylation is 1. The van der Waals surface area contributed by atoms with E-state index in [2.05, 4.69) is 5.32 Å². The van der Waals surface area contributed by atoms with Crippen LogP contribution in [0.1, 0.15) is 34.5 Å². The summed E-state index contributed by atoms with van der Waals surface area (Å²) in [4.78, 5) is 12.2. The minimum Gasteiger partial charge on any atom is -0.494 e. The van der Waals surface area contributed by atoms with E-state index in [0.29, 0.717) is 18.7 Å². The van der Waals surface area contributed by atoms with E-state index in [9.17, 15) is 4.79 Å². The highest BCUT2D eigenvalue weighted by molar-refractivity contribution is 5.94. The lowest BCUT2D eigenvalue weighted by atomic mass is 10.0. The molecule has 1 amide bonds. The number of hydrogen-bond donors (Lipinski definition) is 1. The molecule has 0 saturated heterocycles. The molecule has 1 unspecified atom stereocenters. The van der Waals surface area contributed by atoms with Gasteiger partial charge >= 0.3 is 0 Å². The molecule has 0 aliphatic heterocycles. The zero-order chi connectivity index (χ0) is 16.7. The first kappa shape index (κ1) is 17.0. The molecule has 23 heavy (non-hydrogen) atoms. The standard InChI is InChI=1S/C19H23NO3/c1-4-23-16-11-9-15(10-12-16)19(21)20-13-18(22-3)17-8-6-5-7-14(17)2/h5-12,18H,4,13H2,1-3H3,(H,20,21). The van der Waals surface area contributed by atoms with Gasteiger partial charge in [0.25, 0.3) is 5.91 Å². The van der Waals surface area contributed by atoms with Crippen molar-refractivity contribution in [2.24, 2.45) is 0 Å². The van der Waals surface area contributed by atoms with Gasteiger partial charge in [0, 0.05) is 19.2 Å². The minimum atomic E-state index is -0.164. The van der Waals surface area contributed by atoms with Crippen molar-refractivity contribution >= 4 is 5.91 Å². The van der Waals surface area contributed by atoms with Gasteiger partial charge in [-0.05, 0) is 49.2 Å². The lowest BCUT2D eigenvalue weighted by Gasteiger charge is -2.18. The fourth-order valence-corrected chi connectivity index (χ4v) is 2.42. The second kappa shape index (κ2) is 8.34. The second-order valence-electron chi connectivity index (χ2n) is 5.25. The third kappa shape index (κ3) is 4.57. The molecule has 4 nitrogen and oxygen atoms in total. The second-order valence-corrected chi connectivity index (χ2v) is 5.25. The van der Waals surface area contributed by atoms with Crippen LogP contribution in [-0.2, 0) is 4.74 Å². The maximum atomic E-state index is 12.2. The summed E-state index contributed by atoms with van der Waals surface area (Å²) in [5.41, 5.74) is 2.84. The third-order valence-electron chi connectivity index (χ3n) is 3.70. The van der Waals surface area contributed by atoms with Crippen LogP contribution in [0.4, 0.5) is 0 Å². The Bertz CT molecular complexity index is 637. The average molecular weight is 313 g/mol. The molecule has 0 spiro atoms. The Balaban J connectivity index is 1.98. The van der Waals surface area contributed by atoms with Gasteiger partial charge in [-0.15, -0.1) is 0 Å². The van der Waals surface area contributed by atoms with E-state index in [1.807, 2.05) is 38.1 Å². The number of benzene rings is 2. The maximum absolute atomic E-state index is 12.2. The van der Waals surface area contributed by atoms with Crippen molar-refractivity contribution in [3.63, 3.8) is 0 Å². The number of carbonyl (C=O) groups excluding carboxylic acids is 1. The van der Waals surface area contributed by atoms with Crippen molar-refractivity contribution in [1.82, 2.24) is 5.32 Å². The van der Waals surface area contributed by atoms with Crippen LogP contribution >= 0.6 is 0 Å². The molecular weight excluding hydrogens is 290 g/mol. The molecule has 0 bridgehead atoms. The molecule has 0 saturated carbocycles. The first-order valence-electron chi connectivity index (χ1n) is 7.75. The molecule has 0 aromatic heterocycles. The van der Waals surface area contributed by atoms with E-state index >= 15 is 0 Å². The molecule has 4 heteroatoms. The quantitative estimate of drug-likeness (QED) is 0.851. The molecule has 122 valence electrons. The van der Waals surface area contributed by atoms with Crippen LogP contribution in [-0.4, -0.2) is 26.2 Å². The number of amides is 1. The van der Waals surface area contributed by atoms with E-state index in [0.717, 1.165) is 16.9 Å². The smallest absolute Gasteiger partial charge is 0.251 e. The van der Waals surface area contributed by atoms with Crippen LogP contribution in [0.3, 0.4) is 0 Å². The normalized spacial score (nSPS) is 11.8. The highest BCUT2D eigenvalue weighted by atomic mass is 16.5. The lowest BCUT2D eigenvalue weighted by molar-refractivity contribution is 0.0826. The summed E-state index contributed by atoms with van der Waals surface area (Å²) < 4.78 is 10.9. The summed E-state index contributed by atoms with van der Waals surface area (Å²) in [6, 6.07) is 15.1. The van der Waals surface area contributed by atoms with Crippen molar-refractivity contribution in [3.8, 4) is 5.75 Å². The number of rotatable bonds is 7. The van der Waals surface area contributed by atoms with Crippen molar-refractivity contribution in [3.05, 3.63) is 65.2 Å². The number of ether oxygens (including phenoxy) is 2. The van der Waals surface area contributed by atoms with Crippen molar-refractivity contribution in [2.45, 2.75) is 20.0 Å². The van der Waals surface area contributed by atoms with Crippen LogP contribution in [0.5, 0.6) is 5.75 Å². The van der Waals surface area contributed by atoms with Gasteiger partial charge in [-0.3, -0.25) is 4.79 Å².